The van der Waals surface area contributed by atoms with E-state index in [1.165, 1.54) is 11.1 Å². The van der Waals surface area contributed by atoms with Gasteiger partial charge in [-0.2, -0.15) is 0 Å². The van der Waals surface area contributed by atoms with E-state index in [4.69, 9.17) is 0 Å². The van der Waals surface area contributed by atoms with Crippen LogP contribution in [0.3, 0.4) is 0 Å². The Morgan fingerprint density at radius 1 is 0.800 bits per heavy atom. The van der Waals surface area contributed by atoms with E-state index in [2.05, 4.69) is 90.3 Å². The number of hydrogen-bond donors (Lipinski definition) is 1. The third-order valence-corrected chi connectivity index (χ3v) is 3.69. The van der Waals surface area contributed by atoms with Gasteiger partial charge in [0, 0.05) is 18.5 Å². The molecule has 0 heterocycles. The van der Waals surface area contributed by atoms with E-state index in [-0.39, 0.29) is 0 Å². The summed E-state index contributed by atoms with van der Waals surface area (Å²) in [4.78, 5) is 0. The average Bonchev–Trinajstić information content (AvgIpc) is 3.04. The van der Waals surface area contributed by atoms with Crippen LogP contribution in [0, 0.1) is 5.92 Å². The molecule has 3 rings (SSSR count). The predicted molar refractivity (Wildman–Crippen MR) is 84.2 cm³/mol. The van der Waals surface area contributed by atoms with Crippen molar-refractivity contribution in [2.24, 2.45) is 5.92 Å². The summed E-state index contributed by atoms with van der Waals surface area (Å²) in [5, 5.41) is 3.69. The fourth-order valence-corrected chi connectivity index (χ4v) is 2.63. The van der Waals surface area contributed by atoms with Crippen LogP contribution in [0.1, 0.15) is 17.2 Å². The fraction of sp³-hybridized carbons (Fsp3) is 0.158. The van der Waals surface area contributed by atoms with Crippen LogP contribution >= 0.6 is 0 Å². The lowest BCUT2D eigenvalue weighted by Crippen LogP contribution is -2.25. The van der Waals surface area contributed by atoms with Crippen molar-refractivity contribution in [2.75, 3.05) is 0 Å². The smallest absolute Gasteiger partial charge is 0.0421 e. The van der Waals surface area contributed by atoms with Gasteiger partial charge in [0.15, 0.2) is 0 Å². The Morgan fingerprint density at radius 3 is 2.05 bits per heavy atom. The van der Waals surface area contributed by atoms with Crippen LogP contribution in [0.4, 0.5) is 0 Å². The highest BCUT2D eigenvalue weighted by molar-refractivity contribution is 5.28. The zero-order chi connectivity index (χ0) is 13.6. The van der Waals surface area contributed by atoms with Gasteiger partial charge in [0.25, 0.3) is 0 Å². The van der Waals surface area contributed by atoms with E-state index < -0.39 is 0 Å². The van der Waals surface area contributed by atoms with E-state index in [0.717, 1.165) is 6.54 Å². The quantitative estimate of drug-likeness (QED) is 0.848. The summed E-state index contributed by atoms with van der Waals surface area (Å²) in [5.74, 6) is 0.432. The average molecular weight is 261 g/mol. The molecule has 0 aromatic heterocycles. The Hall–Kier alpha value is -2.12. The number of benzene rings is 2. The maximum Gasteiger partial charge on any atom is 0.0421 e. The molecule has 1 unspecified atom stereocenters. The first kappa shape index (κ1) is 12.9. The summed E-state index contributed by atoms with van der Waals surface area (Å²) in [5.41, 5.74) is 2.66. The number of nitrogens with one attached hydrogen (secondary N) is 1. The predicted octanol–water partition coefficient (Wildman–Crippen LogP) is 4.26. The summed E-state index contributed by atoms with van der Waals surface area (Å²) in [6, 6.07) is 21.6. The molecule has 1 atom stereocenters. The molecule has 1 heteroatoms. The summed E-state index contributed by atoms with van der Waals surface area (Å²) in [6.07, 6.45) is 8.78. The topological polar surface area (TPSA) is 12.0 Å². The molecule has 2 aromatic rings. The van der Waals surface area contributed by atoms with Gasteiger partial charge < -0.3 is 5.32 Å². The minimum absolute atomic E-state index is 0.325. The van der Waals surface area contributed by atoms with Crippen LogP contribution in [0.15, 0.2) is 85.0 Å². The molecule has 20 heavy (non-hydrogen) atoms. The summed E-state index contributed by atoms with van der Waals surface area (Å²) >= 11 is 0. The summed E-state index contributed by atoms with van der Waals surface area (Å²) in [7, 11) is 0. The third kappa shape index (κ3) is 3.06. The van der Waals surface area contributed by atoms with Gasteiger partial charge >= 0.3 is 0 Å². The maximum absolute atomic E-state index is 3.69. The second-order valence-electron chi connectivity index (χ2n) is 5.10. The molecular formula is C19H19N. The van der Waals surface area contributed by atoms with E-state index in [1.54, 1.807) is 0 Å². The van der Waals surface area contributed by atoms with Crippen LogP contribution in [-0.4, -0.2) is 0 Å². The zero-order valence-electron chi connectivity index (χ0n) is 11.4. The molecule has 0 fully saturated rings. The van der Waals surface area contributed by atoms with Crippen molar-refractivity contribution in [1.82, 2.24) is 5.32 Å². The normalized spacial score (nSPS) is 15.6. The van der Waals surface area contributed by atoms with Crippen LogP contribution < -0.4 is 5.32 Å². The van der Waals surface area contributed by atoms with E-state index in [9.17, 15) is 0 Å². The van der Waals surface area contributed by atoms with Gasteiger partial charge in [-0.3, -0.25) is 0 Å². The van der Waals surface area contributed by atoms with Gasteiger partial charge in [0.1, 0.15) is 0 Å². The Morgan fingerprint density at radius 2 is 1.40 bits per heavy atom. The highest BCUT2D eigenvalue weighted by atomic mass is 14.9. The highest BCUT2D eigenvalue weighted by Gasteiger charge is 2.19. The van der Waals surface area contributed by atoms with Crippen molar-refractivity contribution >= 4 is 0 Å². The molecule has 1 aliphatic rings. The Kier molecular flexibility index (Phi) is 4.10. The molecule has 0 bridgehead atoms. The van der Waals surface area contributed by atoms with Crippen molar-refractivity contribution in [3.8, 4) is 0 Å². The van der Waals surface area contributed by atoms with Gasteiger partial charge in [-0.1, -0.05) is 85.0 Å². The van der Waals surface area contributed by atoms with Crippen molar-refractivity contribution in [3.05, 3.63) is 96.1 Å². The lowest BCUT2D eigenvalue weighted by molar-refractivity contribution is 0.475. The molecule has 2 aromatic carbocycles. The molecule has 0 spiro atoms. The monoisotopic (exact) mass is 261 g/mol. The number of rotatable bonds is 5. The van der Waals surface area contributed by atoms with Gasteiger partial charge in [-0.25, -0.2) is 0 Å². The maximum atomic E-state index is 3.69. The second-order valence-corrected chi connectivity index (χ2v) is 5.10. The fourth-order valence-electron chi connectivity index (χ4n) is 2.63. The van der Waals surface area contributed by atoms with Gasteiger partial charge in [-0.15, -0.1) is 0 Å². The SMILES string of the molecule is C1=CC(C(NCc2ccccc2)c2ccccc2)C=C1. The van der Waals surface area contributed by atoms with Crippen LogP contribution in [-0.2, 0) is 6.54 Å². The standard InChI is InChI=1S/C19H19N/c1-3-9-16(10-4-1)15-20-19(18-13-7-8-14-18)17-11-5-2-6-12-17/h1-14,18-20H,15H2. The number of allylic oxidation sites excluding steroid dienone is 2. The van der Waals surface area contributed by atoms with Crippen molar-refractivity contribution in [1.29, 1.82) is 0 Å². The molecule has 1 aliphatic carbocycles. The van der Waals surface area contributed by atoms with Crippen LogP contribution in [0.2, 0.25) is 0 Å². The molecule has 1 N–H and O–H groups in total. The van der Waals surface area contributed by atoms with Crippen molar-refractivity contribution < 1.29 is 0 Å². The summed E-state index contributed by atoms with van der Waals surface area (Å²) in [6.45, 7) is 0.887. The third-order valence-electron chi connectivity index (χ3n) is 3.69. The van der Waals surface area contributed by atoms with E-state index >= 15 is 0 Å². The summed E-state index contributed by atoms with van der Waals surface area (Å²) < 4.78 is 0. The van der Waals surface area contributed by atoms with Gasteiger partial charge in [0.05, 0.1) is 0 Å². The van der Waals surface area contributed by atoms with Gasteiger partial charge in [-0.05, 0) is 11.1 Å². The molecule has 1 nitrogen and oxygen atoms in total. The minimum atomic E-state index is 0.325. The van der Waals surface area contributed by atoms with E-state index in [0.29, 0.717) is 12.0 Å². The van der Waals surface area contributed by atoms with Gasteiger partial charge in [0.2, 0.25) is 0 Å². The Bertz CT molecular complexity index is 572. The molecule has 0 radical (unpaired) electrons. The van der Waals surface area contributed by atoms with Crippen molar-refractivity contribution in [2.45, 2.75) is 12.6 Å². The second kappa shape index (κ2) is 6.36. The first-order valence-corrected chi connectivity index (χ1v) is 7.11. The lowest BCUT2D eigenvalue weighted by atomic mass is 9.94. The molecule has 0 aliphatic heterocycles. The van der Waals surface area contributed by atoms with Crippen molar-refractivity contribution in [3.63, 3.8) is 0 Å². The first-order chi connectivity index (χ1) is 9.93. The molecule has 100 valence electrons. The minimum Gasteiger partial charge on any atom is -0.305 e. The highest BCUT2D eigenvalue weighted by Crippen LogP contribution is 2.27. The molecule has 0 saturated carbocycles. The molecular weight excluding hydrogens is 242 g/mol. The lowest BCUT2D eigenvalue weighted by Gasteiger charge is -2.23. The molecule has 0 amide bonds. The van der Waals surface area contributed by atoms with E-state index in [1.807, 2.05) is 0 Å². The zero-order valence-corrected chi connectivity index (χ0v) is 11.4. The molecule has 0 saturated heterocycles. The van der Waals surface area contributed by atoms with Crippen LogP contribution in [0.5, 0.6) is 0 Å². The first-order valence-electron chi connectivity index (χ1n) is 7.11. The largest absolute Gasteiger partial charge is 0.305 e. The Labute approximate surface area is 120 Å². The number of hydrogen-bond acceptors (Lipinski definition) is 1. The van der Waals surface area contributed by atoms with Crippen LogP contribution in [0.25, 0.3) is 0 Å². The Balaban J connectivity index is 1.76.